The zero-order valence-electron chi connectivity index (χ0n) is 14.7. The Bertz CT molecular complexity index is 747. The molecule has 2 aromatic carbocycles. The molecule has 0 fully saturated rings. The molecule has 0 unspecified atom stereocenters. The van der Waals surface area contributed by atoms with Gasteiger partial charge in [0.1, 0.15) is 0 Å². The molecule has 3 rings (SSSR count). The second-order valence-electron chi connectivity index (χ2n) is 7.50. The third-order valence-electron chi connectivity index (χ3n) is 5.09. The van der Waals surface area contributed by atoms with E-state index in [-0.39, 0.29) is 5.41 Å². The summed E-state index contributed by atoms with van der Waals surface area (Å²) in [4.78, 5) is 0. The first-order valence-corrected chi connectivity index (χ1v) is 8.75. The summed E-state index contributed by atoms with van der Waals surface area (Å²) in [5.74, 6) is 0. The standard InChI is InChI=1S/C21H24F3N/c1-20(2)10-8-17-12-16(6-7-19(17)20)14-25-11-9-15-4-3-5-18(13-15)21(22,23)24/h3-7,12-13,25H,8-11,14H2,1-2H3. The third-order valence-corrected chi connectivity index (χ3v) is 5.09. The Morgan fingerprint density at radius 3 is 2.60 bits per heavy atom. The molecule has 0 aliphatic heterocycles. The SMILES string of the molecule is CC1(C)CCc2cc(CNCCc3cccc(C(F)(F)F)c3)ccc21. The Morgan fingerprint density at radius 1 is 1.04 bits per heavy atom. The Balaban J connectivity index is 1.53. The average molecular weight is 347 g/mol. The van der Waals surface area contributed by atoms with Gasteiger partial charge in [-0.2, -0.15) is 13.2 Å². The van der Waals surface area contributed by atoms with Gasteiger partial charge in [0.15, 0.2) is 0 Å². The second-order valence-corrected chi connectivity index (χ2v) is 7.50. The molecular weight excluding hydrogens is 323 g/mol. The number of hydrogen-bond donors (Lipinski definition) is 1. The summed E-state index contributed by atoms with van der Waals surface area (Å²) in [6.07, 6.45) is -1.38. The Kier molecular flexibility index (Phi) is 4.92. The van der Waals surface area contributed by atoms with E-state index in [0.717, 1.165) is 19.0 Å². The fourth-order valence-corrected chi connectivity index (χ4v) is 3.57. The van der Waals surface area contributed by atoms with Crippen molar-refractivity contribution in [1.82, 2.24) is 5.32 Å². The number of nitrogens with one attached hydrogen (secondary N) is 1. The van der Waals surface area contributed by atoms with Gasteiger partial charge >= 0.3 is 6.18 Å². The van der Waals surface area contributed by atoms with Crippen LogP contribution in [0.25, 0.3) is 0 Å². The van der Waals surface area contributed by atoms with Crippen molar-refractivity contribution in [2.75, 3.05) is 6.54 Å². The molecule has 1 aliphatic rings. The lowest BCUT2D eigenvalue weighted by Gasteiger charge is -2.19. The third kappa shape index (κ3) is 4.24. The van der Waals surface area contributed by atoms with Gasteiger partial charge in [-0.05, 0) is 59.5 Å². The van der Waals surface area contributed by atoms with Crippen molar-refractivity contribution in [3.05, 3.63) is 70.3 Å². The van der Waals surface area contributed by atoms with Crippen LogP contribution in [0.15, 0.2) is 42.5 Å². The lowest BCUT2D eigenvalue weighted by Crippen LogP contribution is -2.17. The number of alkyl halides is 3. The first-order chi connectivity index (χ1) is 11.8. The fraction of sp³-hybridized carbons (Fsp3) is 0.429. The van der Waals surface area contributed by atoms with Crippen LogP contribution in [-0.2, 0) is 31.0 Å². The average Bonchev–Trinajstić information content (AvgIpc) is 2.86. The van der Waals surface area contributed by atoms with Gasteiger partial charge in [-0.1, -0.05) is 50.2 Å². The molecule has 0 amide bonds. The van der Waals surface area contributed by atoms with Crippen LogP contribution in [0, 0.1) is 0 Å². The molecule has 0 atom stereocenters. The van der Waals surface area contributed by atoms with Crippen molar-refractivity contribution < 1.29 is 13.2 Å². The Hall–Kier alpha value is -1.81. The molecule has 1 N–H and O–H groups in total. The highest BCUT2D eigenvalue weighted by Gasteiger charge is 2.30. The van der Waals surface area contributed by atoms with Crippen LogP contribution in [0.3, 0.4) is 0 Å². The smallest absolute Gasteiger partial charge is 0.312 e. The molecule has 1 nitrogen and oxygen atoms in total. The quantitative estimate of drug-likeness (QED) is 0.727. The van der Waals surface area contributed by atoms with E-state index in [0.29, 0.717) is 18.5 Å². The predicted molar refractivity (Wildman–Crippen MR) is 94.6 cm³/mol. The Morgan fingerprint density at radius 2 is 1.84 bits per heavy atom. The molecule has 1 aliphatic carbocycles. The number of halogens is 3. The van der Waals surface area contributed by atoms with Gasteiger partial charge in [-0.15, -0.1) is 0 Å². The van der Waals surface area contributed by atoms with E-state index in [9.17, 15) is 13.2 Å². The molecule has 134 valence electrons. The van der Waals surface area contributed by atoms with Crippen LogP contribution in [0.4, 0.5) is 13.2 Å². The summed E-state index contributed by atoms with van der Waals surface area (Å²) in [6, 6.07) is 12.2. The number of benzene rings is 2. The van der Waals surface area contributed by atoms with Gasteiger partial charge in [0.25, 0.3) is 0 Å². The molecule has 4 heteroatoms. The minimum absolute atomic E-state index is 0.269. The van der Waals surface area contributed by atoms with Gasteiger partial charge < -0.3 is 5.32 Å². The number of rotatable bonds is 5. The first-order valence-electron chi connectivity index (χ1n) is 8.75. The number of aryl methyl sites for hydroxylation is 1. The van der Waals surface area contributed by atoms with E-state index in [1.54, 1.807) is 6.07 Å². The molecule has 0 saturated carbocycles. The van der Waals surface area contributed by atoms with E-state index < -0.39 is 11.7 Å². The molecule has 0 aromatic heterocycles. The minimum atomic E-state index is -4.28. The number of hydrogen-bond acceptors (Lipinski definition) is 1. The topological polar surface area (TPSA) is 12.0 Å². The molecule has 25 heavy (non-hydrogen) atoms. The van der Waals surface area contributed by atoms with Crippen molar-refractivity contribution in [2.45, 2.75) is 51.2 Å². The highest BCUT2D eigenvalue weighted by Crippen LogP contribution is 2.38. The van der Waals surface area contributed by atoms with E-state index in [1.807, 2.05) is 0 Å². The summed E-state index contributed by atoms with van der Waals surface area (Å²) >= 11 is 0. The molecule has 2 aromatic rings. The maximum atomic E-state index is 12.7. The summed E-state index contributed by atoms with van der Waals surface area (Å²) in [6.45, 7) is 5.97. The van der Waals surface area contributed by atoms with Gasteiger partial charge in [-0.3, -0.25) is 0 Å². The molecule has 0 bridgehead atoms. The summed E-state index contributed by atoms with van der Waals surface area (Å²) in [5, 5.41) is 3.34. The highest BCUT2D eigenvalue weighted by atomic mass is 19.4. The van der Waals surface area contributed by atoms with Crippen LogP contribution < -0.4 is 5.32 Å². The maximum Gasteiger partial charge on any atom is 0.416 e. The van der Waals surface area contributed by atoms with Crippen molar-refractivity contribution in [3.63, 3.8) is 0 Å². The van der Waals surface area contributed by atoms with Crippen LogP contribution in [0.1, 0.15) is 48.1 Å². The van der Waals surface area contributed by atoms with Gasteiger partial charge in [0, 0.05) is 6.54 Å². The maximum absolute atomic E-state index is 12.7. The van der Waals surface area contributed by atoms with Crippen molar-refractivity contribution in [1.29, 1.82) is 0 Å². The molecule has 0 saturated heterocycles. The van der Waals surface area contributed by atoms with E-state index >= 15 is 0 Å². The lowest BCUT2D eigenvalue weighted by atomic mass is 9.86. The van der Waals surface area contributed by atoms with E-state index in [2.05, 4.69) is 37.4 Å². The predicted octanol–water partition coefficient (Wildman–Crippen LogP) is 5.26. The van der Waals surface area contributed by atoms with Crippen molar-refractivity contribution >= 4 is 0 Å². The second kappa shape index (κ2) is 6.83. The fourth-order valence-electron chi connectivity index (χ4n) is 3.57. The number of fused-ring (bicyclic) bond motifs is 1. The van der Waals surface area contributed by atoms with Crippen LogP contribution in [0.2, 0.25) is 0 Å². The molecule has 0 spiro atoms. The molecule has 0 radical (unpaired) electrons. The van der Waals surface area contributed by atoms with Crippen molar-refractivity contribution in [3.8, 4) is 0 Å². The monoisotopic (exact) mass is 347 g/mol. The zero-order chi connectivity index (χ0) is 18.1. The lowest BCUT2D eigenvalue weighted by molar-refractivity contribution is -0.137. The van der Waals surface area contributed by atoms with Gasteiger partial charge in [0.05, 0.1) is 5.56 Å². The van der Waals surface area contributed by atoms with E-state index in [4.69, 9.17) is 0 Å². The summed E-state index contributed by atoms with van der Waals surface area (Å²) in [7, 11) is 0. The van der Waals surface area contributed by atoms with Gasteiger partial charge in [0.2, 0.25) is 0 Å². The minimum Gasteiger partial charge on any atom is -0.312 e. The normalized spacial score (nSPS) is 16.0. The summed E-state index contributed by atoms with van der Waals surface area (Å²) in [5.41, 5.74) is 4.51. The highest BCUT2D eigenvalue weighted by molar-refractivity contribution is 5.40. The van der Waals surface area contributed by atoms with Crippen molar-refractivity contribution in [2.24, 2.45) is 0 Å². The van der Waals surface area contributed by atoms with Crippen LogP contribution in [-0.4, -0.2) is 6.54 Å². The Labute approximate surface area is 147 Å². The van der Waals surface area contributed by atoms with Crippen LogP contribution in [0.5, 0.6) is 0 Å². The van der Waals surface area contributed by atoms with Gasteiger partial charge in [-0.25, -0.2) is 0 Å². The summed E-state index contributed by atoms with van der Waals surface area (Å²) < 4.78 is 38.2. The first kappa shape index (κ1) is 18.0. The zero-order valence-corrected chi connectivity index (χ0v) is 14.7. The largest absolute Gasteiger partial charge is 0.416 e. The molecule has 0 heterocycles. The van der Waals surface area contributed by atoms with E-state index in [1.165, 1.54) is 35.2 Å². The molecular formula is C21H24F3N. The van der Waals surface area contributed by atoms with Crippen LogP contribution >= 0.6 is 0 Å².